The van der Waals surface area contributed by atoms with Crippen LogP contribution in [0.5, 0.6) is 5.75 Å². The van der Waals surface area contributed by atoms with Gasteiger partial charge in [-0.05, 0) is 59.5 Å². The van der Waals surface area contributed by atoms with Crippen molar-refractivity contribution in [2.24, 2.45) is 0 Å². The minimum absolute atomic E-state index is 0.0688. The number of aliphatic hydroxyl groups excluding tert-OH is 1. The molecule has 6 nitrogen and oxygen atoms in total. The van der Waals surface area contributed by atoms with Gasteiger partial charge in [0.15, 0.2) is 5.13 Å². The van der Waals surface area contributed by atoms with Crippen molar-refractivity contribution < 1.29 is 23.8 Å². The molecule has 36 heavy (non-hydrogen) atoms. The first-order chi connectivity index (χ1) is 17.3. The Morgan fingerprint density at radius 2 is 1.75 bits per heavy atom. The number of Topliss-reactive ketones (excluding diaryl/α,β-unsaturated/α-hetero) is 1. The third kappa shape index (κ3) is 4.03. The fourth-order valence-electron chi connectivity index (χ4n) is 4.29. The van der Waals surface area contributed by atoms with E-state index in [1.54, 1.807) is 19.2 Å². The number of benzene rings is 3. The number of carbonyl (C=O) groups excluding carboxylic acids is 2. The molecule has 0 aliphatic carbocycles. The van der Waals surface area contributed by atoms with E-state index in [4.69, 9.17) is 4.74 Å². The summed E-state index contributed by atoms with van der Waals surface area (Å²) < 4.78 is 19.6. The minimum Gasteiger partial charge on any atom is -0.507 e. The number of nitrogens with zero attached hydrogens (tertiary/aromatic N) is 2. The van der Waals surface area contributed by atoms with E-state index in [0.717, 1.165) is 10.3 Å². The summed E-state index contributed by atoms with van der Waals surface area (Å²) in [5.41, 5.74) is 2.58. The summed E-state index contributed by atoms with van der Waals surface area (Å²) in [6.07, 6.45) is 0. The summed E-state index contributed by atoms with van der Waals surface area (Å²) in [6.45, 7) is 4.15. The second-order valence-corrected chi connectivity index (χ2v) is 9.84. The molecule has 1 aliphatic heterocycles. The lowest BCUT2D eigenvalue weighted by Crippen LogP contribution is -2.29. The van der Waals surface area contributed by atoms with Crippen LogP contribution in [0, 0.1) is 5.82 Å². The molecule has 182 valence electrons. The number of aromatic nitrogens is 1. The number of methoxy groups -OCH3 is 1. The first kappa shape index (κ1) is 23.7. The lowest BCUT2D eigenvalue weighted by atomic mass is 9.93. The zero-order chi connectivity index (χ0) is 25.6. The molecule has 8 heteroatoms. The summed E-state index contributed by atoms with van der Waals surface area (Å²) in [6, 6.07) is 17.2. The quantitative estimate of drug-likeness (QED) is 0.200. The predicted octanol–water partition coefficient (Wildman–Crippen LogP) is 6.19. The Morgan fingerprint density at radius 1 is 1.06 bits per heavy atom. The molecule has 1 saturated heterocycles. The lowest BCUT2D eigenvalue weighted by molar-refractivity contribution is -0.132. The molecule has 0 saturated carbocycles. The van der Waals surface area contributed by atoms with Crippen LogP contribution in [0.3, 0.4) is 0 Å². The van der Waals surface area contributed by atoms with E-state index >= 15 is 0 Å². The molecule has 2 heterocycles. The van der Waals surface area contributed by atoms with Crippen LogP contribution in [0.15, 0.2) is 72.3 Å². The van der Waals surface area contributed by atoms with Gasteiger partial charge < -0.3 is 9.84 Å². The maximum absolute atomic E-state index is 13.5. The van der Waals surface area contributed by atoms with Gasteiger partial charge in [0, 0.05) is 5.56 Å². The zero-order valence-corrected chi connectivity index (χ0v) is 20.7. The first-order valence-electron chi connectivity index (χ1n) is 11.4. The van der Waals surface area contributed by atoms with Crippen molar-refractivity contribution in [1.82, 2.24) is 4.98 Å². The van der Waals surface area contributed by atoms with Crippen LogP contribution in [-0.4, -0.2) is 28.9 Å². The van der Waals surface area contributed by atoms with Gasteiger partial charge in [-0.1, -0.05) is 49.4 Å². The van der Waals surface area contributed by atoms with Crippen LogP contribution in [0.2, 0.25) is 0 Å². The number of ether oxygens (including phenoxy) is 1. The molecule has 1 unspecified atom stereocenters. The van der Waals surface area contributed by atoms with Gasteiger partial charge in [-0.2, -0.15) is 0 Å². The van der Waals surface area contributed by atoms with Crippen LogP contribution in [0.1, 0.15) is 42.5 Å². The highest BCUT2D eigenvalue weighted by Crippen LogP contribution is 2.44. The number of carbonyl (C=O) groups is 2. The molecule has 0 radical (unpaired) electrons. The molecular formula is C28H23FN2O4S. The molecule has 5 rings (SSSR count). The van der Waals surface area contributed by atoms with Gasteiger partial charge in [0.05, 0.1) is 28.9 Å². The summed E-state index contributed by atoms with van der Waals surface area (Å²) in [5.74, 6) is -1.51. The number of halogens is 1. The minimum atomic E-state index is -0.904. The number of hydrogen-bond donors (Lipinski definition) is 1. The van der Waals surface area contributed by atoms with E-state index in [1.165, 1.54) is 40.5 Å². The van der Waals surface area contributed by atoms with E-state index in [2.05, 4.69) is 18.8 Å². The number of amides is 1. The van der Waals surface area contributed by atoms with Crippen LogP contribution in [0.4, 0.5) is 9.52 Å². The summed E-state index contributed by atoms with van der Waals surface area (Å²) >= 11 is 1.26. The van der Waals surface area contributed by atoms with Crippen molar-refractivity contribution in [3.8, 4) is 5.75 Å². The normalized spacial score (nSPS) is 17.4. The average molecular weight is 503 g/mol. The van der Waals surface area contributed by atoms with Crippen molar-refractivity contribution >= 4 is 44.1 Å². The highest BCUT2D eigenvalue weighted by Gasteiger charge is 2.48. The van der Waals surface area contributed by atoms with Gasteiger partial charge in [0.1, 0.15) is 17.3 Å². The Balaban J connectivity index is 1.70. The fourth-order valence-corrected chi connectivity index (χ4v) is 5.32. The smallest absolute Gasteiger partial charge is 0.301 e. The van der Waals surface area contributed by atoms with E-state index in [1.807, 2.05) is 30.3 Å². The van der Waals surface area contributed by atoms with Gasteiger partial charge in [-0.25, -0.2) is 9.37 Å². The number of ketones is 1. The molecule has 3 aromatic carbocycles. The fraction of sp³-hybridized carbons (Fsp3) is 0.179. The molecule has 1 N–H and O–H groups in total. The summed E-state index contributed by atoms with van der Waals surface area (Å²) in [7, 11) is 1.57. The largest absolute Gasteiger partial charge is 0.507 e. The van der Waals surface area contributed by atoms with Crippen LogP contribution in [0.25, 0.3) is 16.0 Å². The Bertz CT molecular complexity index is 1510. The van der Waals surface area contributed by atoms with Crippen LogP contribution >= 0.6 is 11.3 Å². The highest BCUT2D eigenvalue weighted by atomic mass is 32.1. The number of hydrogen-bond acceptors (Lipinski definition) is 6. The molecular weight excluding hydrogens is 479 g/mol. The van der Waals surface area contributed by atoms with Gasteiger partial charge in [0.2, 0.25) is 0 Å². The molecule has 1 atom stereocenters. The van der Waals surface area contributed by atoms with Gasteiger partial charge in [-0.3, -0.25) is 14.5 Å². The summed E-state index contributed by atoms with van der Waals surface area (Å²) in [4.78, 5) is 32.6. The molecule has 4 aromatic rings. The monoisotopic (exact) mass is 502 g/mol. The van der Waals surface area contributed by atoms with E-state index in [0.29, 0.717) is 27.9 Å². The second kappa shape index (κ2) is 9.20. The number of anilines is 1. The highest BCUT2D eigenvalue weighted by molar-refractivity contribution is 7.22. The van der Waals surface area contributed by atoms with Crippen molar-refractivity contribution in [2.75, 3.05) is 12.0 Å². The number of rotatable bonds is 5. The Morgan fingerprint density at radius 3 is 2.39 bits per heavy atom. The van der Waals surface area contributed by atoms with E-state index < -0.39 is 23.5 Å². The molecule has 1 aromatic heterocycles. The van der Waals surface area contributed by atoms with Crippen molar-refractivity contribution in [3.05, 3.63) is 94.8 Å². The molecule has 0 bridgehead atoms. The van der Waals surface area contributed by atoms with E-state index in [-0.39, 0.29) is 16.9 Å². The third-order valence-corrected chi connectivity index (χ3v) is 7.29. The second-order valence-electron chi connectivity index (χ2n) is 8.83. The maximum atomic E-state index is 13.5. The van der Waals surface area contributed by atoms with Gasteiger partial charge in [0.25, 0.3) is 5.78 Å². The van der Waals surface area contributed by atoms with Gasteiger partial charge in [-0.15, -0.1) is 0 Å². The molecule has 1 fully saturated rings. The third-order valence-electron chi connectivity index (χ3n) is 6.27. The molecule has 0 spiro atoms. The Labute approximate surface area is 211 Å². The topological polar surface area (TPSA) is 79.7 Å². The number of aliphatic hydroxyl groups is 1. The van der Waals surface area contributed by atoms with Crippen LogP contribution in [-0.2, 0) is 9.59 Å². The van der Waals surface area contributed by atoms with E-state index in [9.17, 15) is 19.1 Å². The predicted molar refractivity (Wildman–Crippen MR) is 138 cm³/mol. The van der Waals surface area contributed by atoms with Crippen LogP contribution < -0.4 is 9.64 Å². The average Bonchev–Trinajstić information content (AvgIpc) is 3.41. The van der Waals surface area contributed by atoms with Crippen molar-refractivity contribution in [3.63, 3.8) is 0 Å². The summed E-state index contributed by atoms with van der Waals surface area (Å²) in [5, 5.41) is 11.5. The SMILES string of the molecule is COc1ccc2nc(N3C(=O)C(=O)/C(=C(/O)c4ccc(F)cc4)C3c3ccc(C(C)C)cc3)sc2c1. The van der Waals surface area contributed by atoms with Crippen molar-refractivity contribution in [1.29, 1.82) is 0 Å². The Kier molecular flexibility index (Phi) is 6.05. The molecule has 1 aliphatic rings. The maximum Gasteiger partial charge on any atom is 0.301 e. The van der Waals surface area contributed by atoms with Gasteiger partial charge >= 0.3 is 5.91 Å². The standard InChI is InChI=1S/C28H23FN2O4S/c1-15(2)16-4-6-17(7-5-16)24-23(25(32)18-8-10-19(29)11-9-18)26(33)27(34)31(24)28-30-21-13-12-20(35-3)14-22(21)36-28/h4-15,24,32H,1-3H3/b25-23+. The molecule has 1 amide bonds. The Hall–Kier alpha value is -4.04. The van der Waals surface area contributed by atoms with Crippen molar-refractivity contribution in [2.45, 2.75) is 25.8 Å². The zero-order valence-electron chi connectivity index (χ0n) is 19.9. The lowest BCUT2D eigenvalue weighted by Gasteiger charge is -2.23. The first-order valence-corrected chi connectivity index (χ1v) is 12.2. The number of fused-ring (bicyclic) bond motifs is 1. The number of thiazole rings is 1.